The van der Waals surface area contributed by atoms with Gasteiger partial charge in [-0.3, -0.25) is 0 Å². The molecule has 1 heterocycles. The Kier molecular flexibility index (Phi) is 3.06. The van der Waals surface area contributed by atoms with Crippen LogP contribution in [0.1, 0.15) is 22.5 Å². The number of nitrogens with zero attached hydrogens (tertiary/aromatic N) is 2. The highest BCUT2D eigenvalue weighted by molar-refractivity contribution is 5.27. The van der Waals surface area contributed by atoms with Crippen LogP contribution in [-0.2, 0) is 13.1 Å². The lowest BCUT2D eigenvalue weighted by Gasteiger charge is -2.09. The van der Waals surface area contributed by atoms with Gasteiger partial charge in [-0.1, -0.05) is 24.3 Å². The molecule has 1 aromatic heterocycles. The maximum absolute atomic E-state index is 5.72. The third kappa shape index (κ3) is 1.99. The van der Waals surface area contributed by atoms with Gasteiger partial charge in [0.2, 0.25) is 0 Å². The summed E-state index contributed by atoms with van der Waals surface area (Å²) in [6, 6.07) is 8.27. The monoisotopic (exact) mass is 215 g/mol. The van der Waals surface area contributed by atoms with Crippen LogP contribution in [0.5, 0.6) is 0 Å². The van der Waals surface area contributed by atoms with Gasteiger partial charge >= 0.3 is 0 Å². The van der Waals surface area contributed by atoms with Crippen LogP contribution < -0.4 is 5.73 Å². The summed E-state index contributed by atoms with van der Waals surface area (Å²) in [5.41, 5.74) is 10.5. The second kappa shape index (κ2) is 4.49. The van der Waals surface area contributed by atoms with Crippen molar-refractivity contribution in [2.45, 2.75) is 26.9 Å². The number of rotatable bonds is 3. The van der Waals surface area contributed by atoms with Gasteiger partial charge in [-0.25, -0.2) is 4.98 Å². The van der Waals surface area contributed by atoms with Crippen molar-refractivity contribution in [1.29, 1.82) is 0 Å². The van der Waals surface area contributed by atoms with Gasteiger partial charge < -0.3 is 10.3 Å². The first-order valence-corrected chi connectivity index (χ1v) is 5.47. The van der Waals surface area contributed by atoms with Crippen molar-refractivity contribution in [3.63, 3.8) is 0 Å². The quantitative estimate of drug-likeness (QED) is 0.851. The fraction of sp³-hybridized carbons (Fsp3) is 0.308. The number of nitrogens with two attached hydrogens (primary N) is 1. The number of imidazole rings is 1. The van der Waals surface area contributed by atoms with E-state index in [0.29, 0.717) is 6.54 Å². The molecule has 0 fully saturated rings. The van der Waals surface area contributed by atoms with Crippen LogP contribution in [-0.4, -0.2) is 9.55 Å². The number of hydrogen-bond acceptors (Lipinski definition) is 2. The highest BCUT2D eigenvalue weighted by Crippen LogP contribution is 2.12. The molecule has 84 valence electrons. The van der Waals surface area contributed by atoms with Gasteiger partial charge in [-0.05, 0) is 25.0 Å². The summed E-state index contributed by atoms with van der Waals surface area (Å²) in [5, 5.41) is 0. The van der Waals surface area contributed by atoms with Gasteiger partial charge in [-0.2, -0.15) is 0 Å². The first-order valence-electron chi connectivity index (χ1n) is 5.47. The number of benzene rings is 1. The van der Waals surface area contributed by atoms with Gasteiger partial charge in [0.1, 0.15) is 0 Å². The zero-order chi connectivity index (χ0) is 11.5. The summed E-state index contributed by atoms with van der Waals surface area (Å²) >= 11 is 0. The van der Waals surface area contributed by atoms with Crippen molar-refractivity contribution in [2.75, 3.05) is 0 Å². The second-order valence-corrected chi connectivity index (χ2v) is 4.02. The molecule has 0 bridgehead atoms. The lowest BCUT2D eigenvalue weighted by Crippen LogP contribution is -2.06. The van der Waals surface area contributed by atoms with E-state index in [-0.39, 0.29) is 0 Å². The minimum atomic E-state index is 0.586. The van der Waals surface area contributed by atoms with Crippen molar-refractivity contribution >= 4 is 0 Å². The van der Waals surface area contributed by atoms with Crippen LogP contribution in [0.2, 0.25) is 0 Å². The predicted molar refractivity (Wildman–Crippen MR) is 65.1 cm³/mol. The molecule has 0 amide bonds. The van der Waals surface area contributed by atoms with E-state index in [1.54, 1.807) is 0 Å². The summed E-state index contributed by atoms with van der Waals surface area (Å²) < 4.78 is 2.16. The van der Waals surface area contributed by atoms with Crippen LogP contribution in [0.3, 0.4) is 0 Å². The van der Waals surface area contributed by atoms with E-state index >= 15 is 0 Å². The van der Waals surface area contributed by atoms with E-state index in [1.807, 2.05) is 25.4 Å². The molecule has 2 aromatic rings. The van der Waals surface area contributed by atoms with E-state index in [4.69, 9.17) is 5.73 Å². The SMILES string of the molecule is Cc1ncn(Cc2ccccc2CN)c1C. The van der Waals surface area contributed by atoms with Crippen molar-refractivity contribution in [3.8, 4) is 0 Å². The Morgan fingerprint density at radius 1 is 1.19 bits per heavy atom. The van der Waals surface area contributed by atoms with E-state index in [9.17, 15) is 0 Å². The predicted octanol–water partition coefficient (Wildman–Crippen LogP) is 2.01. The molecule has 3 nitrogen and oxygen atoms in total. The molecule has 1 aromatic carbocycles. The van der Waals surface area contributed by atoms with Gasteiger partial charge in [-0.15, -0.1) is 0 Å². The number of aromatic nitrogens is 2. The highest BCUT2D eigenvalue weighted by atomic mass is 15.0. The molecule has 2 rings (SSSR count). The zero-order valence-electron chi connectivity index (χ0n) is 9.77. The van der Waals surface area contributed by atoms with E-state index in [2.05, 4.69) is 28.6 Å². The maximum atomic E-state index is 5.72. The average Bonchev–Trinajstić information content (AvgIpc) is 2.62. The molecule has 0 unspecified atom stereocenters. The lowest BCUT2D eigenvalue weighted by atomic mass is 10.1. The fourth-order valence-corrected chi connectivity index (χ4v) is 1.80. The third-order valence-corrected chi connectivity index (χ3v) is 3.02. The number of hydrogen-bond donors (Lipinski definition) is 1. The molecule has 16 heavy (non-hydrogen) atoms. The molecular weight excluding hydrogens is 198 g/mol. The van der Waals surface area contributed by atoms with Crippen molar-refractivity contribution < 1.29 is 0 Å². The van der Waals surface area contributed by atoms with Crippen LogP contribution in [0, 0.1) is 13.8 Å². The largest absolute Gasteiger partial charge is 0.330 e. The summed E-state index contributed by atoms with van der Waals surface area (Å²) in [6.07, 6.45) is 1.89. The first kappa shape index (κ1) is 10.9. The highest BCUT2D eigenvalue weighted by Gasteiger charge is 2.05. The smallest absolute Gasteiger partial charge is 0.0954 e. The minimum Gasteiger partial charge on any atom is -0.330 e. The maximum Gasteiger partial charge on any atom is 0.0954 e. The van der Waals surface area contributed by atoms with Crippen LogP contribution in [0.15, 0.2) is 30.6 Å². The first-order chi connectivity index (χ1) is 7.72. The van der Waals surface area contributed by atoms with Gasteiger partial charge in [0.05, 0.1) is 12.0 Å². The van der Waals surface area contributed by atoms with Crippen LogP contribution in [0.4, 0.5) is 0 Å². The molecule has 0 saturated carbocycles. The molecule has 0 aliphatic heterocycles. The lowest BCUT2D eigenvalue weighted by molar-refractivity contribution is 0.758. The summed E-state index contributed by atoms with van der Waals surface area (Å²) in [5.74, 6) is 0. The Bertz CT molecular complexity index is 486. The summed E-state index contributed by atoms with van der Waals surface area (Å²) in [6.45, 7) is 5.55. The van der Waals surface area contributed by atoms with Gasteiger partial charge in [0.15, 0.2) is 0 Å². The molecule has 0 saturated heterocycles. The molecule has 3 heteroatoms. The summed E-state index contributed by atoms with van der Waals surface area (Å²) in [7, 11) is 0. The van der Waals surface area contributed by atoms with Crippen molar-refractivity contribution in [1.82, 2.24) is 9.55 Å². The van der Waals surface area contributed by atoms with E-state index in [1.165, 1.54) is 16.8 Å². The van der Waals surface area contributed by atoms with Crippen LogP contribution >= 0.6 is 0 Å². The van der Waals surface area contributed by atoms with E-state index in [0.717, 1.165) is 12.2 Å². The standard InChI is InChI=1S/C13H17N3/c1-10-11(2)16(9-15-10)8-13-6-4-3-5-12(13)7-14/h3-6,9H,7-8,14H2,1-2H3. The minimum absolute atomic E-state index is 0.586. The average molecular weight is 215 g/mol. The molecule has 0 aliphatic carbocycles. The topological polar surface area (TPSA) is 43.8 Å². The molecule has 0 atom stereocenters. The Morgan fingerprint density at radius 3 is 2.44 bits per heavy atom. The zero-order valence-corrected chi connectivity index (χ0v) is 9.77. The summed E-state index contributed by atoms with van der Waals surface area (Å²) in [4.78, 5) is 4.30. The van der Waals surface area contributed by atoms with Gasteiger partial charge in [0, 0.05) is 18.8 Å². The fourth-order valence-electron chi connectivity index (χ4n) is 1.80. The molecular formula is C13H17N3. The number of aryl methyl sites for hydroxylation is 1. The van der Waals surface area contributed by atoms with Gasteiger partial charge in [0.25, 0.3) is 0 Å². The molecule has 0 aliphatic rings. The van der Waals surface area contributed by atoms with Crippen molar-refractivity contribution in [2.24, 2.45) is 5.73 Å². The Labute approximate surface area is 95.9 Å². The normalized spacial score (nSPS) is 10.7. The van der Waals surface area contributed by atoms with Crippen molar-refractivity contribution in [3.05, 3.63) is 53.1 Å². The molecule has 0 spiro atoms. The Balaban J connectivity index is 2.30. The third-order valence-electron chi connectivity index (χ3n) is 3.02. The Hall–Kier alpha value is -1.61. The van der Waals surface area contributed by atoms with Crippen LogP contribution in [0.25, 0.3) is 0 Å². The Morgan fingerprint density at radius 2 is 1.88 bits per heavy atom. The second-order valence-electron chi connectivity index (χ2n) is 4.02. The molecule has 2 N–H and O–H groups in total. The van der Waals surface area contributed by atoms with E-state index < -0.39 is 0 Å². The molecule has 0 radical (unpaired) electrons.